The number of rotatable bonds is 7. The van der Waals surface area contributed by atoms with Gasteiger partial charge in [-0.3, -0.25) is 0 Å². The van der Waals surface area contributed by atoms with E-state index >= 15 is 0 Å². The van der Waals surface area contributed by atoms with Crippen molar-refractivity contribution in [2.45, 2.75) is 104 Å². The number of fused-ring (bicyclic) bond motifs is 1. The Morgan fingerprint density at radius 1 is 1.17 bits per heavy atom. The minimum atomic E-state index is -0.354. The molecule has 0 spiro atoms. The van der Waals surface area contributed by atoms with E-state index in [2.05, 4.69) is 37.5 Å². The standard InChI is InChI=1S/C26H41FO2/c1-18(8-5-9-19(2)29-27)23-15-16-24-22(11-7-17-26(23,24)4)14-13-21-10-6-12-25(28)20(21)3/h13-14,18-19,23-25,28H,3,5-12,15-17H2,1-2,4H3/b21-13-,22-14+/t18-,19?,23?,24?,25+,26-/m1/s1. The van der Waals surface area contributed by atoms with Crippen LogP contribution in [0, 0.1) is 23.2 Å². The second kappa shape index (κ2) is 9.92. The van der Waals surface area contributed by atoms with Crippen molar-refractivity contribution in [3.05, 3.63) is 35.5 Å². The molecule has 3 unspecified atom stereocenters. The topological polar surface area (TPSA) is 29.5 Å². The van der Waals surface area contributed by atoms with Crippen LogP contribution < -0.4 is 0 Å². The highest BCUT2D eigenvalue weighted by molar-refractivity contribution is 5.37. The van der Waals surface area contributed by atoms with Gasteiger partial charge in [-0.25, -0.2) is 0 Å². The van der Waals surface area contributed by atoms with Crippen molar-refractivity contribution < 1.29 is 14.6 Å². The maximum atomic E-state index is 12.3. The van der Waals surface area contributed by atoms with Crippen molar-refractivity contribution in [1.29, 1.82) is 0 Å². The molecule has 6 atom stereocenters. The molecule has 3 aliphatic carbocycles. The molecule has 3 rings (SSSR count). The van der Waals surface area contributed by atoms with Crippen molar-refractivity contribution in [2.75, 3.05) is 0 Å². The summed E-state index contributed by atoms with van der Waals surface area (Å²) in [4.78, 5) is 3.93. The van der Waals surface area contributed by atoms with Crippen molar-refractivity contribution >= 4 is 0 Å². The van der Waals surface area contributed by atoms with Gasteiger partial charge >= 0.3 is 0 Å². The van der Waals surface area contributed by atoms with Crippen LogP contribution >= 0.6 is 0 Å². The van der Waals surface area contributed by atoms with E-state index in [0.29, 0.717) is 17.3 Å². The van der Waals surface area contributed by atoms with Gasteiger partial charge in [0.15, 0.2) is 0 Å². The lowest BCUT2D eigenvalue weighted by Crippen LogP contribution is -2.36. The van der Waals surface area contributed by atoms with Crippen molar-refractivity contribution in [3.8, 4) is 0 Å². The maximum Gasteiger partial charge on any atom is 0.0955 e. The summed E-state index contributed by atoms with van der Waals surface area (Å²) in [6.07, 6.45) is 16.4. The van der Waals surface area contributed by atoms with Crippen LogP contribution in [-0.2, 0) is 4.94 Å². The molecule has 3 heteroatoms. The van der Waals surface area contributed by atoms with Gasteiger partial charge < -0.3 is 5.11 Å². The van der Waals surface area contributed by atoms with Crippen LogP contribution in [-0.4, -0.2) is 17.3 Å². The molecule has 0 aromatic rings. The lowest BCUT2D eigenvalue weighted by atomic mass is 9.60. The summed E-state index contributed by atoms with van der Waals surface area (Å²) >= 11 is 0. The summed E-state index contributed by atoms with van der Waals surface area (Å²) < 4.78 is 12.3. The Kier molecular flexibility index (Phi) is 7.78. The minimum Gasteiger partial charge on any atom is -0.388 e. The predicted octanol–water partition coefficient (Wildman–Crippen LogP) is 7.25. The molecule has 0 bridgehead atoms. The SMILES string of the molecule is C=C1/C(=C\C=C2/CCC[C@@]3(C)C2CCC3[C@H](C)CCCC(C)OF)CCC[C@@H]1O. The Morgan fingerprint density at radius 3 is 2.72 bits per heavy atom. The second-order valence-electron chi connectivity index (χ2n) is 10.3. The summed E-state index contributed by atoms with van der Waals surface area (Å²) in [6, 6.07) is 0. The van der Waals surface area contributed by atoms with Gasteiger partial charge in [0.1, 0.15) is 0 Å². The molecule has 0 aliphatic heterocycles. The fourth-order valence-corrected chi connectivity index (χ4v) is 6.62. The van der Waals surface area contributed by atoms with Gasteiger partial charge in [-0.1, -0.05) is 51.0 Å². The monoisotopic (exact) mass is 404 g/mol. The molecule has 1 N–H and O–H groups in total. The number of halogens is 1. The van der Waals surface area contributed by atoms with Gasteiger partial charge in [0.2, 0.25) is 0 Å². The maximum absolute atomic E-state index is 12.3. The molecule has 164 valence electrons. The van der Waals surface area contributed by atoms with Gasteiger partial charge in [0.05, 0.1) is 12.2 Å². The first kappa shape index (κ1) is 22.7. The Labute approximate surface area is 177 Å². The van der Waals surface area contributed by atoms with Crippen LogP contribution in [0.25, 0.3) is 0 Å². The van der Waals surface area contributed by atoms with Crippen LogP contribution in [0.2, 0.25) is 0 Å². The van der Waals surface area contributed by atoms with Crippen LogP contribution in [0.5, 0.6) is 0 Å². The summed E-state index contributed by atoms with van der Waals surface area (Å²) in [5, 5.41) is 10.1. The Balaban J connectivity index is 1.67. The largest absolute Gasteiger partial charge is 0.388 e. The van der Waals surface area contributed by atoms with E-state index in [9.17, 15) is 9.63 Å². The molecule has 0 aromatic carbocycles. The molecule has 3 fully saturated rings. The van der Waals surface area contributed by atoms with Gasteiger partial charge in [0.25, 0.3) is 0 Å². The first-order chi connectivity index (χ1) is 13.9. The minimum absolute atomic E-state index is 0.278. The third kappa shape index (κ3) is 5.05. The van der Waals surface area contributed by atoms with E-state index in [1.165, 1.54) is 44.1 Å². The fraction of sp³-hybridized carbons (Fsp3) is 0.769. The van der Waals surface area contributed by atoms with Crippen molar-refractivity contribution in [1.82, 2.24) is 0 Å². The lowest BCUT2D eigenvalue weighted by molar-refractivity contribution is -0.174. The molecule has 29 heavy (non-hydrogen) atoms. The first-order valence-electron chi connectivity index (χ1n) is 11.9. The zero-order chi connectivity index (χ0) is 21.0. The molecule has 0 amide bonds. The summed E-state index contributed by atoms with van der Waals surface area (Å²) in [5.74, 6) is 2.13. The van der Waals surface area contributed by atoms with E-state index < -0.39 is 0 Å². The Bertz CT molecular complexity index is 637. The van der Waals surface area contributed by atoms with Gasteiger partial charge in [0, 0.05) is 0 Å². The zero-order valence-corrected chi connectivity index (χ0v) is 18.8. The number of hydrogen-bond acceptors (Lipinski definition) is 2. The summed E-state index contributed by atoms with van der Waals surface area (Å²) in [6.45, 7) is 10.9. The smallest absolute Gasteiger partial charge is 0.0955 e. The van der Waals surface area contributed by atoms with Crippen LogP contribution in [0.1, 0.15) is 91.4 Å². The average Bonchev–Trinajstić information content (AvgIpc) is 3.06. The summed E-state index contributed by atoms with van der Waals surface area (Å²) in [5.41, 5.74) is 4.19. The van der Waals surface area contributed by atoms with E-state index in [1.54, 1.807) is 5.57 Å². The van der Waals surface area contributed by atoms with Crippen LogP contribution in [0.3, 0.4) is 0 Å². The molecule has 0 heterocycles. The molecule has 0 saturated heterocycles. The molecule has 3 aliphatic rings. The molecule has 0 aromatic heterocycles. The van der Waals surface area contributed by atoms with E-state index in [-0.39, 0.29) is 12.2 Å². The van der Waals surface area contributed by atoms with E-state index in [1.807, 2.05) is 6.92 Å². The van der Waals surface area contributed by atoms with Crippen molar-refractivity contribution in [3.63, 3.8) is 0 Å². The summed E-state index contributed by atoms with van der Waals surface area (Å²) in [7, 11) is 0. The molecule has 0 radical (unpaired) electrons. The Morgan fingerprint density at radius 2 is 1.97 bits per heavy atom. The highest BCUT2D eigenvalue weighted by Gasteiger charge is 2.50. The number of allylic oxidation sites excluding steroid dienone is 3. The zero-order valence-electron chi connectivity index (χ0n) is 18.8. The third-order valence-corrected chi connectivity index (χ3v) is 8.38. The average molecular weight is 405 g/mol. The Hall–Kier alpha value is -0.930. The van der Waals surface area contributed by atoms with Gasteiger partial charge in [-0.2, -0.15) is 4.94 Å². The number of hydrogen-bond donors (Lipinski definition) is 1. The molecular weight excluding hydrogens is 363 g/mol. The molecule has 3 saturated carbocycles. The van der Waals surface area contributed by atoms with E-state index in [0.717, 1.165) is 43.6 Å². The highest BCUT2D eigenvalue weighted by Crippen LogP contribution is 2.59. The van der Waals surface area contributed by atoms with Crippen molar-refractivity contribution in [2.24, 2.45) is 23.2 Å². The van der Waals surface area contributed by atoms with E-state index in [4.69, 9.17) is 0 Å². The predicted molar refractivity (Wildman–Crippen MR) is 118 cm³/mol. The first-order valence-corrected chi connectivity index (χ1v) is 11.9. The lowest BCUT2D eigenvalue weighted by Gasteiger charge is -2.44. The third-order valence-electron chi connectivity index (χ3n) is 8.38. The number of aliphatic hydroxyl groups excluding tert-OH is 1. The second-order valence-corrected chi connectivity index (χ2v) is 10.3. The quantitative estimate of drug-likeness (QED) is 0.484. The fourth-order valence-electron chi connectivity index (χ4n) is 6.62. The van der Waals surface area contributed by atoms with Crippen LogP contribution in [0.15, 0.2) is 35.5 Å². The molecule has 2 nitrogen and oxygen atoms in total. The highest BCUT2D eigenvalue weighted by atomic mass is 19.3. The van der Waals surface area contributed by atoms with Gasteiger partial charge in [-0.05, 0) is 104 Å². The normalized spacial score (nSPS) is 37.7. The molecular formula is C26H41FO2. The number of aliphatic hydroxyl groups is 1. The van der Waals surface area contributed by atoms with Gasteiger partial charge in [-0.15, -0.1) is 0 Å². The van der Waals surface area contributed by atoms with Crippen LogP contribution in [0.4, 0.5) is 4.53 Å².